The molecule has 0 radical (unpaired) electrons. The minimum atomic E-state index is -1.10. The molecule has 0 amide bonds. The molecule has 3 rings (SSSR count). The molecule has 0 saturated carbocycles. The number of aromatic nitrogens is 2. The number of hydrogen-bond acceptors (Lipinski definition) is 4. The van der Waals surface area contributed by atoms with E-state index in [-0.39, 0.29) is 12.6 Å². The molecule has 0 spiro atoms. The second-order valence-corrected chi connectivity index (χ2v) is 5.05. The van der Waals surface area contributed by atoms with E-state index in [0.717, 1.165) is 0 Å². The van der Waals surface area contributed by atoms with Gasteiger partial charge in [0, 0.05) is 23.1 Å². The highest BCUT2D eigenvalue weighted by atomic mass is 127. The fourth-order valence-corrected chi connectivity index (χ4v) is 2.89. The zero-order chi connectivity index (χ0) is 12.0. The Morgan fingerprint density at radius 2 is 2.53 bits per heavy atom. The second kappa shape index (κ2) is 3.91. The van der Waals surface area contributed by atoms with Gasteiger partial charge in [0.05, 0.1) is 0 Å². The van der Waals surface area contributed by atoms with Crippen LogP contribution in [0.2, 0.25) is 0 Å². The summed E-state index contributed by atoms with van der Waals surface area (Å²) in [5.41, 5.74) is -1.01. The molecule has 0 aliphatic carbocycles. The molecular weight excluding hydrogens is 342 g/mol. The molecule has 0 unspecified atom stereocenters. The minimum Gasteiger partial charge on any atom is -0.461 e. The highest BCUT2D eigenvalue weighted by molar-refractivity contribution is 14.1. The van der Waals surface area contributed by atoms with Crippen LogP contribution < -0.4 is 10.3 Å². The van der Waals surface area contributed by atoms with Crippen LogP contribution in [0.5, 0.6) is 6.01 Å². The third kappa shape index (κ3) is 1.75. The van der Waals surface area contributed by atoms with E-state index in [0.29, 0.717) is 10.8 Å². The Bertz CT molecular complexity index is 509. The zero-order valence-electron chi connectivity index (χ0n) is 8.81. The van der Waals surface area contributed by atoms with E-state index in [9.17, 15) is 9.18 Å². The van der Waals surface area contributed by atoms with Gasteiger partial charge in [0.15, 0.2) is 6.23 Å². The number of hydrogen-bond donors (Lipinski definition) is 0. The number of halogens is 2. The van der Waals surface area contributed by atoms with Crippen molar-refractivity contribution >= 4 is 22.6 Å². The maximum Gasteiger partial charge on any atom is 0.302 e. The zero-order valence-corrected chi connectivity index (χ0v) is 11.0. The number of alkyl halides is 2. The summed E-state index contributed by atoms with van der Waals surface area (Å²) < 4.78 is 27.3. The van der Waals surface area contributed by atoms with E-state index in [1.807, 2.05) is 0 Å². The van der Waals surface area contributed by atoms with Gasteiger partial charge in [0.1, 0.15) is 18.4 Å². The van der Waals surface area contributed by atoms with Crippen molar-refractivity contribution < 1.29 is 13.9 Å². The Balaban J connectivity index is 2.08. The summed E-state index contributed by atoms with van der Waals surface area (Å²) in [4.78, 5) is 14.9. The molecular formula is C10H10FIN2O3. The molecule has 2 aliphatic rings. The van der Waals surface area contributed by atoms with Crippen molar-refractivity contribution in [3.63, 3.8) is 0 Å². The maximum absolute atomic E-state index is 14.0. The molecule has 1 aromatic rings. The number of fused-ring (bicyclic) bond motifs is 4. The van der Waals surface area contributed by atoms with Gasteiger partial charge >= 0.3 is 6.01 Å². The average Bonchev–Trinajstić information content (AvgIpc) is 2.55. The second-order valence-electron chi connectivity index (χ2n) is 4.29. The van der Waals surface area contributed by atoms with Crippen LogP contribution in [0.25, 0.3) is 0 Å². The summed E-state index contributed by atoms with van der Waals surface area (Å²) in [6.07, 6.45) is -0.0602. The first-order valence-electron chi connectivity index (χ1n) is 5.23. The fourth-order valence-electron chi connectivity index (χ4n) is 2.18. The van der Waals surface area contributed by atoms with Gasteiger partial charge in [-0.2, -0.15) is 4.98 Å². The van der Waals surface area contributed by atoms with Crippen LogP contribution in [-0.4, -0.2) is 32.4 Å². The quantitative estimate of drug-likeness (QED) is 0.561. The predicted octanol–water partition coefficient (Wildman–Crippen LogP) is 1.07. The topological polar surface area (TPSA) is 53.4 Å². The minimum absolute atomic E-state index is 0.136. The SMILES string of the molecule is O=c1ccn2c(n1)OC[C@]1(CI)C[C@H](F)[C@H]2O1. The Labute approximate surface area is 110 Å². The summed E-state index contributed by atoms with van der Waals surface area (Å²) >= 11 is 2.16. The van der Waals surface area contributed by atoms with E-state index in [1.165, 1.54) is 16.8 Å². The third-order valence-corrected chi connectivity index (χ3v) is 4.42. The van der Waals surface area contributed by atoms with Gasteiger partial charge in [-0.1, -0.05) is 22.6 Å². The standard InChI is InChI=1S/C10H10FIN2O3/c11-6-3-10(4-12)5-16-9-13-7(15)1-2-14(9)8(6)17-10/h1-2,6,8H,3-5H2/t6-,8+,10+/m0/s1. The Morgan fingerprint density at radius 1 is 1.71 bits per heavy atom. The van der Waals surface area contributed by atoms with Crippen molar-refractivity contribution in [2.24, 2.45) is 0 Å². The van der Waals surface area contributed by atoms with Crippen molar-refractivity contribution in [1.82, 2.24) is 9.55 Å². The molecule has 3 atom stereocenters. The van der Waals surface area contributed by atoms with Crippen LogP contribution >= 0.6 is 22.6 Å². The Hall–Kier alpha value is -0.700. The molecule has 17 heavy (non-hydrogen) atoms. The molecule has 1 fully saturated rings. The molecule has 5 nitrogen and oxygen atoms in total. The molecule has 92 valence electrons. The lowest BCUT2D eigenvalue weighted by Crippen LogP contribution is -2.37. The lowest BCUT2D eigenvalue weighted by Gasteiger charge is -2.23. The average molecular weight is 352 g/mol. The maximum atomic E-state index is 14.0. The van der Waals surface area contributed by atoms with Gasteiger partial charge in [-0.25, -0.2) is 4.39 Å². The first kappa shape index (κ1) is 11.4. The lowest BCUT2D eigenvalue weighted by atomic mass is 10.0. The third-order valence-electron chi connectivity index (χ3n) is 3.03. The monoisotopic (exact) mass is 352 g/mol. The Kier molecular flexibility index (Phi) is 2.62. The normalized spacial score (nSPS) is 34.9. The van der Waals surface area contributed by atoms with Crippen molar-refractivity contribution in [2.75, 3.05) is 11.0 Å². The molecule has 1 aromatic heterocycles. The van der Waals surface area contributed by atoms with Crippen LogP contribution in [0.3, 0.4) is 0 Å². The van der Waals surface area contributed by atoms with Gasteiger partial charge in [0.25, 0.3) is 5.56 Å². The predicted molar refractivity (Wildman–Crippen MR) is 65.2 cm³/mol. The van der Waals surface area contributed by atoms with Crippen LogP contribution in [0.15, 0.2) is 17.1 Å². The van der Waals surface area contributed by atoms with Crippen molar-refractivity contribution in [2.45, 2.75) is 24.4 Å². The summed E-state index contributed by atoms with van der Waals surface area (Å²) in [6, 6.07) is 1.41. The van der Waals surface area contributed by atoms with E-state index < -0.39 is 23.6 Å². The van der Waals surface area contributed by atoms with Crippen LogP contribution in [-0.2, 0) is 4.74 Å². The van der Waals surface area contributed by atoms with Crippen LogP contribution in [0.1, 0.15) is 12.6 Å². The van der Waals surface area contributed by atoms with Gasteiger partial charge in [-0.05, 0) is 0 Å². The fraction of sp³-hybridized carbons (Fsp3) is 0.600. The van der Waals surface area contributed by atoms with Crippen LogP contribution in [0.4, 0.5) is 4.39 Å². The molecule has 7 heteroatoms. The highest BCUT2D eigenvalue weighted by Gasteiger charge is 2.50. The first-order valence-corrected chi connectivity index (χ1v) is 6.76. The van der Waals surface area contributed by atoms with Crippen molar-refractivity contribution in [1.29, 1.82) is 0 Å². The summed E-state index contributed by atoms with van der Waals surface area (Å²) in [6.45, 7) is 0.226. The molecule has 2 bridgehead atoms. The Morgan fingerprint density at radius 3 is 3.29 bits per heavy atom. The molecule has 0 N–H and O–H groups in total. The lowest BCUT2D eigenvalue weighted by molar-refractivity contribution is -0.0660. The van der Waals surface area contributed by atoms with Gasteiger partial charge in [-0.15, -0.1) is 0 Å². The van der Waals surface area contributed by atoms with Gasteiger partial charge in [-0.3, -0.25) is 9.36 Å². The molecule has 1 saturated heterocycles. The van der Waals surface area contributed by atoms with Crippen molar-refractivity contribution in [3.05, 3.63) is 22.6 Å². The molecule has 3 heterocycles. The largest absolute Gasteiger partial charge is 0.461 e. The van der Waals surface area contributed by atoms with E-state index in [4.69, 9.17) is 9.47 Å². The van der Waals surface area contributed by atoms with E-state index >= 15 is 0 Å². The summed E-state index contributed by atoms with van der Waals surface area (Å²) in [7, 11) is 0. The van der Waals surface area contributed by atoms with Gasteiger partial charge < -0.3 is 9.47 Å². The van der Waals surface area contributed by atoms with E-state index in [2.05, 4.69) is 27.6 Å². The van der Waals surface area contributed by atoms with Crippen LogP contribution in [0, 0.1) is 0 Å². The van der Waals surface area contributed by atoms with Gasteiger partial charge in [0.2, 0.25) is 0 Å². The molecule has 0 aromatic carbocycles. The molecule has 2 aliphatic heterocycles. The number of ether oxygens (including phenoxy) is 2. The van der Waals surface area contributed by atoms with E-state index in [1.54, 1.807) is 0 Å². The first-order chi connectivity index (χ1) is 8.13. The number of nitrogens with zero attached hydrogens (tertiary/aromatic N) is 2. The smallest absolute Gasteiger partial charge is 0.302 e. The summed E-state index contributed by atoms with van der Waals surface area (Å²) in [5, 5.41) is 0. The number of rotatable bonds is 1. The highest BCUT2D eigenvalue weighted by Crippen LogP contribution is 2.43. The van der Waals surface area contributed by atoms with Crippen molar-refractivity contribution in [3.8, 4) is 6.01 Å². The summed E-state index contributed by atoms with van der Waals surface area (Å²) in [5.74, 6) is 0.